The van der Waals surface area contributed by atoms with Crippen molar-refractivity contribution < 1.29 is 0 Å². The Morgan fingerprint density at radius 3 is 0.281 bits per heavy atom. The number of rotatable bonds is 0. The fourth-order valence-electron chi connectivity index (χ4n) is 11.6. The highest BCUT2D eigenvalue weighted by molar-refractivity contribution is 6.10. The van der Waals surface area contributed by atoms with Gasteiger partial charge in [0.05, 0.1) is 0 Å². The lowest BCUT2D eigenvalue weighted by molar-refractivity contribution is 1.50. The maximum Gasteiger partial charge on any atom is -0.0105 e. The second-order valence-electron chi connectivity index (χ2n) is 21.1. The minimum atomic E-state index is 1.31. The summed E-state index contributed by atoms with van der Waals surface area (Å²) < 4.78 is 0. The van der Waals surface area contributed by atoms with Crippen LogP contribution in [0.25, 0.3) is 129 Å². The predicted molar refractivity (Wildman–Crippen MR) is 437 cm³/mol. The quantitative estimate of drug-likeness (QED) is 0.105. The second-order valence-corrected chi connectivity index (χ2v) is 21.1. The smallest absolute Gasteiger partial charge is 0.0105 e. The highest BCUT2D eigenvalue weighted by atomic mass is 14.1. The summed E-state index contributed by atoms with van der Waals surface area (Å²) >= 11 is 0. The van der Waals surface area contributed by atoms with Crippen LogP contribution >= 0.6 is 0 Å². The standard InChI is InChI=1S/6C14H10.6C2H6/c4*1-3-7-13-11(5-1)9-10-12-6-2-4-8-14(12)13;2*1-2-6-12-10-14-8-4-3-7-13(14)9-11(12)5-1;6*1-2/h6*1-10H;6*1-2H3. The van der Waals surface area contributed by atoms with E-state index in [9.17, 15) is 0 Å². The molecule has 0 heteroatoms. The van der Waals surface area contributed by atoms with Gasteiger partial charge in [0, 0.05) is 0 Å². The van der Waals surface area contributed by atoms with Crippen molar-refractivity contribution in [2.24, 2.45) is 0 Å². The first kappa shape index (κ1) is 72.5. The van der Waals surface area contributed by atoms with E-state index in [-0.39, 0.29) is 0 Å². The molecule has 18 rings (SSSR count). The summed E-state index contributed by atoms with van der Waals surface area (Å²) in [5.74, 6) is 0. The van der Waals surface area contributed by atoms with Crippen LogP contribution in [-0.2, 0) is 0 Å². The third-order valence-electron chi connectivity index (χ3n) is 15.8. The monoisotopic (exact) mass is 1250 g/mol. The molecule has 0 spiro atoms. The van der Waals surface area contributed by atoms with Gasteiger partial charge in [0.25, 0.3) is 0 Å². The molecule has 0 aliphatic carbocycles. The van der Waals surface area contributed by atoms with Crippen LogP contribution in [0.5, 0.6) is 0 Å². The van der Waals surface area contributed by atoms with E-state index < -0.39 is 0 Å². The summed E-state index contributed by atoms with van der Waals surface area (Å²) in [6, 6.07) is 128. The summed E-state index contributed by atoms with van der Waals surface area (Å²) in [7, 11) is 0. The fraction of sp³-hybridized carbons (Fsp3) is 0.125. The molecule has 0 fully saturated rings. The Morgan fingerprint density at radius 2 is 0.177 bits per heavy atom. The zero-order chi connectivity index (χ0) is 68.3. The first-order chi connectivity index (χ1) is 47.7. The van der Waals surface area contributed by atoms with E-state index in [2.05, 4.69) is 364 Å². The van der Waals surface area contributed by atoms with Crippen molar-refractivity contribution in [2.75, 3.05) is 0 Å². The van der Waals surface area contributed by atoms with Gasteiger partial charge in [-0.2, -0.15) is 0 Å². The molecule has 18 aromatic carbocycles. The number of benzene rings is 18. The van der Waals surface area contributed by atoms with Gasteiger partial charge in [0.15, 0.2) is 0 Å². The normalized spacial score (nSPS) is 9.88. The Kier molecular flexibility index (Phi) is 29.9. The SMILES string of the molecule is CC.CC.CC.CC.CC.CC.c1ccc2c(c1)ccc1ccccc12.c1ccc2c(c1)ccc1ccccc12.c1ccc2c(c1)ccc1ccccc12.c1ccc2c(c1)ccc1ccccc12.c1ccc2cc3ccccc3cc2c1.c1ccc2cc3ccccc3cc2c1. The maximum atomic E-state index is 2.24. The summed E-state index contributed by atoms with van der Waals surface area (Å²) in [6.45, 7) is 24.0. The lowest BCUT2D eigenvalue weighted by atomic mass is 10.0. The topological polar surface area (TPSA) is 0 Å². The molecule has 0 atom stereocenters. The Balaban J connectivity index is 0.000000157. The minimum absolute atomic E-state index is 1.31. The van der Waals surface area contributed by atoms with E-state index in [1.165, 1.54) is 129 Å². The summed E-state index contributed by atoms with van der Waals surface area (Å²) in [5.41, 5.74) is 0. The van der Waals surface area contributed by atoms with E-state index in [4.69, 9.17) is 0 Å². The molecule has 0 N–H and O–H groups in total. The van der Waals surface area contributed by atoms with E-state index in [1.807, 2.05) is 83.1 Å². The zero-order valence-corrected chi connectivity index (χ0v) is 58.6. The lowest BCUT2D eigenvalue weighted by Gasteiger charge is -2.02. The van der Waals surface area contributed by atoms with Gasteiger partial charge in [0.2, 0.25) is 0 Å². The fourth-order valence-corrected chi connectivity index (χ4v) is 11.6. The Bertz CT molecular complexity index is 4250. The lowest BCUT2D eigenvalue weighted by Crippen LogP contribution is -1.75. The third-order valence-corrected chi connectivity index (χ3v) is 15.8. The van der Waals surface area contributed by atoms with Crippen LogP contribution in [-0.4, -0.2) is 0 Å². The van der Waals surface area contributed by atoms with Crippen molar-refractivity contribution >= 4 is 129 Å². The first-order valence-electron chi connectivity index (χ1n) is 34.9. The third kappa shape index (κ3) is 18.7. The largest absolute Gasteiger partial charge is 0.0683 e. The van der Waals surface area contributed by atoms with Crippen LogP contribution in [0.15, 0.2) is 364 Å². The average molecular weight is 1250 g/mol. The summed E-state index contributed by atoms with van der Waals surface area (Å²) in [5, 5.41) is 31.7. The van der Waals surface area contributed by atoms with Crippen LogP contribution < -0.4 is 0 Å². The predicted octanol–water partition coefficient (Wildman–Crippen LogP) is 30.1. The van der Waals surface area contributed by atoms with Gasteiger partial charge in [-0.25, -0.2) is 0 Å². The molecule has 0 unspecified atom stereocenters. The molecule has 0 heterocycles. The number of hydrogen-bond donors (Lipinski definition) is 0. The molecule has 96 heavy (non-hydrogen) atoms. The Labute approximate surface area is 572 Å². The average Bonchev–Trinajstić information content (AvgIpc) is 0.885. The highest BCUT2D eigenvalue weighted by Crippen LogP contribution is 2.29. The van der Waals surface area contributed by atoms with Crippen LogP contribution in [0.2, 0.25) is 0 Å². The van der Waals surface area contributed by atoms with E-state index in [1.54, 1.807) is 0 Å². The number of fused-ring (bicyclic) bond motifs is 16. The van der Waals surface area contributed by atoms with Crippen LogP contribution in [0.1, 0.15) is 83.1 Å². The molecule has 0 radical (unpaired) electrons. The summed E-state index contributed by atoms with van der Waals surface area (Å²) in [6.07, 6.45) is 0. The molecule has 0 saturated carbocycles. The van der Waals surface area contributed by atoms with Gasteiger partial charge in [-0.3, -0.25) is 0 Å². The van der Waals surface area contributed by atoms with Crippen molar-refractivity contribution in [3.8, 4) is 0 Å². The molecule has 18 aromatic rings. The molecular formula is C96H96. The molecule has 0 aliphatic heterocycles. The van der Waals surface area contributed by atoms with Gasteiger partial charge in [0.1, 0.15) is 0 Å². The Morgan fingerprint density at radius 1 is 0.0938 bits per heavy atom. The van der Waals surface area contributed by atoms with Crippen molar-refractivity contribution in [3.05, 3.63) is 364 Å². The highest BCUT2D eigenvalue weighted by Gasteiger charge is 2.02. The summed E-state index contributed by atoms with van der Waals surface area (Å²) in [4.78, 5) is 0. The van der Waals surface area contributed by atoms with Crippen molar-refractivity contribution in [1.82, 2.24) is 0 Å². The van der Waals surface area contributed by atoms with Gasteiger partial charge in [-0.05, 0) is 154 Å². The molecule has 480 valence electrons. The van der Waals surface area contributed by atoms with Gasteiger partial charge < -0.3 is 0 Å². The zero-order valence-electron chi connectivity index (χ0n) is 58.6. The van der Waals surface area contributed by atoms with E-state index in [0.717, 1.165) is 0 Å². The van der Waals surface area contributed by atoms with E-state index >= 15 is 0 Å². The molecular weight excluding hydrogens is 1150 g/mol. The molecule has 0 aromatic heterocycles. The van der Waals surface area contributed by atoms with E-state index in [0.29, 0.717) is 0 Å². The number of hydrogen-bond acceptors (Lipinski definition) is 0. The maximum absolute atomic E-state index is 2.24. The molecule has 0 saturated heterocycles. The molecule has 0 amide bonds. The minimum Gasteiger partial charge on any atom is -0.0683 e. The first-order valence-corrected chi connectivity index (χ1v) is 34.9. The van der Waals surface area contributed by atoms with Crippen molar-refractivity contribution in [2.45, 2.75) is 83.1 Å². The van der Waals surface area contributed by atoms with Gasteiger partial charge >= 0.3 is 0 Å². The van der Waals surface area contributed by atoms with Gasteiger partial charge in [-0.15, -0.1) is 0 Å². The molecule has 0 aliphatic rings. The van der Waals surface area contributed by atoms with Crippen LogP contribution in [0, 0.1) is 0 Å². The van der Waals surface area contributed by atoms with Gasteiger partial charge in [-0.1, -0.05) is 423 Å². The Hall–Kier alpha value is -10.9. The van der Waals surface area contributed by atoms with Crippen LogP contribution in [0.3, 0.4) is 0 Å². The second kappa shape index (κ2) is 39.6. The molecule has 0 nitrogen and oxygen atoms in total. The van der Waals surface area contributed by atoms with Crippen molar-refractivity contribution in [3.63, 3.8) is 0 Å². The van der Waals surface area contributed by atoms with Crippen LogP contribution in [0.4, 0.5) is 0 Å². The van der Waals surface area contributed by atoms with Crippen molar-refractivity contribution in [1.29, 1.82) is 0 Å². The molecule has 0 bridgehead atoms.